The number of carbonyl (C=O) groups excluding carboxylic acids is 2. The lowest BCUT2D eigenvalue weighted by Crippen LogP contribution is -2.36. The van der Waals surface area contributed by atoms with E-state index in [2.05, 4.69) is 15.6 Å². The van der Waals surface area contributed by atoms with Gasteiger partial charge in [0.1, 0.15) is 23.3 Å². The number of halogens is 1. The van der Waals surface area contributed by atoms with Crippen LogP contribution in [-0.2, 0) is 16.6 Å². The normalized spacial score (nSPS) is 12.3. The van der Waals surface area contributed by atoms with Gasteiger partial charge in [0.25, 0.3) is 0 Å². The Morgan fingerprint density at radius 2 is 2.00 bits per heavy atom. The number of benzene rings is 1. The second kappa shape index (κ2) is 8.66. The summed E-state index contributed by atoms with van der Waals surface area (Å²) in [6.45, 7) is 5.37. The zero-order valence-electron chi connectivity index (χ0n) is 16.0. The molecule has 0 aliphatic heterocycles. The van der Waals surface area contributed by atoms with Crippen molar-refractivity contribution in [1.82, 2.24) is 20.2 Å². The first-order chi connectivity index (χ1) is 12.7. The van der Waals surface area contributed by atoms with E-state index < -0.39 is 23.6 Å². The maximum atomic E-state index is 14.3. The lowest BCUT2D eigenvalue weighted by Gasteiger charge is -2.21. The van der Waals surface area contributed by atoms with Gasteiger partial charge in [-0.15, -0.1) is 0 Å². The predicted octanol–water partition coefficient (Wildman–Crippen LogP) is 2.68. The van der Waals surface area contributed by atoms with Crippen molar-refractivity contribution in [2.24, 2.45) is 7.05 Å². The molecule has 8 heteroatoms. The number of alkyl carbamates (subject to hydrolysis) is 1. The van der Waals surface area contributed by atoms with Gasteiger partial charge >= 0.3 is 6.09 Å². The van der Waals surface area contributed by atoms with Crippen LogP contribution in [0.1, 0.15) is 44.6 Å². The molecule has 1 atom stereocenters. The summed E-state index contributed by atoms with van der Waals surface area (Å²) in [5.74, 6) is -0.270. The fraction of sp³-hybridized carbons (Fsp3) is 0.421. The average Bonchev–Trinajstić information content (AvgIpc) is 2.97. The fourth-order valence-corrected chi connectivity index (χ4v) is 2.47. The van der Waals surface area contributed by atoms with Gasteiger partial charge in [-0.1, -0.05) is 18.2 Å². The number of nitrogens with zero attached hydrogens (tertiary/aromatic N) is 2. The van der Waals surface area contributed by atoms with Crippen molar-refractivity contribution in [1.29, 1.82) is 0 Å². The average molecular weight is 376 g/mol. The number of aromatic nitrogens is 2. The van der Waals surface area contributed by atoms with E-state index in [0.29, 0.717) is 11.4 Å². The van der Waals surface area contributed by atoms with E-state index in [-0.39, 0.29) is 18.9 Å². The topological polar surface area (TPSA) is 85.3 Å². The fourth-order valence-electron chi connectivity index (χ4n) is 2.47. The number of rotatable bonds is 6. The quantitative estimate of drug-likeness (QED) is 0.812. The van der Waals surface area contributed by atoms with Crippen LogP contribution in [-0.4, -0.2) is 33.7 Å². The molecular weight excluding hydrogens is 351 g/mol. The summed E-state index contributed by atoms with van der Waals surface area (Å²) < 4.78 is 21.1. The van der Waals surface area contributed by atoms with Gasteiger partial charge in [0, 0.05) is 38.0 Å². The summed E-state index contributed by atoms with van der Waals surface area (Å²) in [5, 5.41) is 5.31. The van der Waals surface area contributed by atoms with Gasteiger partial charge in [0.05, 0.1) is 0 Å². The van der Waals surface area contributed by atoms with E-state index in [1.165, 1.54) is 6.07 Å². The van der Waals surface area contributed by atoms with E-state index in [0.717, 1.165) is 0 Å². The van der Waals surface area contributed by atoms with Crippen LogP contribution in [0.2, 0.25) is 0 Å². The van der Waals surface area contributed by atoms with Gasteiger partial charge in [-0.3, -0.25) is 4.79 Å². The molecule has 27 heavy (non-hydrogen) atoms. The molecule has 7 nitrogen and oxygen atoms in total. The summed E-state index contributed by atoms with van der Waals surface area (Å²) in [6.07, 6.45) is 2.73. The molecule has 2 amide bonds. The molecule has 1 heterocycles. The number of ether oxygens (including phenoxy) is 1. The number of imidazole rings is 1. The second-order valence-electron chi connectivity index (χ2n) is 7.10. The molecule has 0 bridgehead atoms. The summed E-state index contributed by atoms with van der Waals surface area (Å²) in [4.78, 5) is 28.2. The number of nitrogens with one attached hydrogen (secondary N) is 2. The molecular formula is C19H25FN4O3. The smallest absolute Gasteiger partial charge is 0.407 e. The minimum atomic E-state index is -0.736. The third-order valence-electron chi connectivity index (χ3n) is 3.66. The van der Waals surface area contributed by atoms with Gasteiger partial charge in [0.2, 0.25) is 5.91 Å². The van der Waals surface area contributed by atoms with E-state index in [1.54, 1.807) is 63.0 Å². The first kappa shape index (κ1) is 20.4. The zero-order chi connectivity index (χ0) is 20.0. The van der Waals surface area contributed by atoms with Gasteiger partial charge in [-0.05, 0) is 26.8 Å². The molecule has 2 rings (SSSR count). The summed E-state index contributed by atoms with van der Waals surface area (Å²) in [6, 6.07) is 5.49. The van der Waals surface area contributed by atoms with Gasteiger partial charge in [0.15, 0.2) is 0 Å². The Labute approximate surface area is 157 Å². The first-order valence-corrected chi connectivity index (χ1v) is 8.65. The molecule has 0 radical (unpaired) electrons. The molecule has 0 saturated carbocycles. The van der Waals surface area contributed by atoms with Crippen LogP contribution in [0.4, 0.5) is 9.18 Å². The second-order valence-corrected chi connectivity index (χ2v) is 7.10. The van der Waals surface area contributed by atoms with Crippen LogP contribution >= 0.6 is 0 Å². The van der Waals surface area contributed by atoms with Crippen molar-refractivity contribution >= 4 is 12.0 Å². The molecule has 1 unspecified atom stereocenters. The third-order valence-corrected chi connectivity index (χ3v) is 3.66. The lowest BCUT2D eigenvalue weighted by molar-refractivity contribution is -0.121. The molecule has 2 aromatic rings. The third kappa shape index (κ3) is 6.09. The number of amides is 2. The maximum absolute atomic E-state index is 14.3. The standard InChI is InChI=1S/C19H25FN4O3/c1-19(2,3)27-18(26)22-10-9-15(25)23-16(17-21-11-12-24(17)4)13-7-5-6-8-14(13)20/h5-8,11-12,16H,9-10H2,1-4H3,(H,22,26)(H,23,25). The molecule has 1 aromatic heterocycles. The Morgan fingerprint density at radius 1 is 1.30 bits per heavy atom. The minimum absolute atomic E-state index is 0.0224. The predicted molar refractivity (Wildman–Crippen MR) is 98.4 cm³/mol. The van der Waals surface area contributed by atoms with Crippen LogP contribution in [0.15, 0.2) is 36.7 Å². The summed E-state index contributed by atoms with van der Waals surface area (Å²) in [5.41, 5.74) is -0.291. The lowest BCUT2D eigenvalue weighted by atomic mass is 10.1. The Morgan fingerprint density at radius 3 is 2.59 bits per heavy atom. The Balaban J connectivity index is 2.02. The zero-order valence-corrected chi connectivity index (χ0v) is 16.0. The van der Waals surface area contributed by atoms with Crippen molar-refractivity contribution in [3.8, 4) is 0 Å². The maximum Gasteiger partial charge on any atom is 0.407 e. The molecule has 1 aromatic carbocycles. The van der Waals surface area contributed by atoms with Crippen LogP contribution in [0.3, 0.4) is 0 Å². The largest absolute Gasteiger partial charge is 0.444 e. The highest BCUT2D eigenvalue weighted by Crippen LogP contribution is 2.23. The number of hydrogen-bond donors (Lipinski definition) is 2. The Kier molecular flexibility index (Phi) is 6.55. The summed E-state index contributed by atoms with van der Waals surface area (Å²) in [7, 11) is 1.77. The molecule has 0 aliphatic rings. The van der Waals surface area contributed by atoms with Crippen LogP contribution in [0.25, 0.3) is 0 Å². The van der Waals surface area contributed by atoms with Gasteiger partial charge < -0.3 is 19.9 Å². The SMILES string of the molecule is Cn1ccnc1C(NC(=O)CCNC(=O)OC(C)(C)C)c1ccccc1F. The van der Waals surface area contributed by atoms with Crippen molar-refractivity contribution in [2.45, 2.75) is 38.8 Å². The van der Waals surface area contributed by atoms with E-state index in [1.807, 2.05) is 0 Å². The van der Waals surface area contributed by atoms with Gasteiger partial charge in [-0.2, -0.15) is 0 Å². The van der Waals surface area contributed by atoms with Crippen LogP contribution in [0, 0.1) is 5.82 Å². The van der Waals surface area contributed by atoms with Crippen molar-refractivity contribution in [2.75, 3.05) is 6.54 Å². The highest BCUT2D eigenvalue weighted by atomic mass is 19.1. The molecule has 2 N–H and O–H groups in total. The van der Waals surface area contributed by atoms with Gasteiger partial charge in [-0.25, -0.2) is 14.2 Å². The minimum Gasteiger partial charge on any atom is -0.444 e. The highest BCUT2D eigenvalue weighted by Gasteiger charge is 2.23. The number of carbonyl (C=O) groups is 2. The monoisotopic (exact) mass is 376 g/mol. The van der Waals surface area contributed by atoms with E-state index in [4.69, 9.17) is 4.74 Å². The summed E-state index contributed by atoms with van der Waals surface area (Å²) >= 11 is 0. The molecule has 0 spiro atoms. The molecule has 0 fully saturated rings. The van der Waals surface area contributed by atoms with Crippen LogP contribution in [0.5, 0.6) is 0 Å². The Hall–Kier alpha value is -2.90. The number of hydrogen-bond acceptors (Lipinski definition) is 4. The van der Waals surface area contributed by atoms with Crippen molar-refractivity contribution in [3.05, 3.63) is 53.9 Å². The van der Waals surface area contributed by atoms with Crippen LogP contribution < -0.4 is 10.6 Å². The van der Waals surface area contributed by atoms with Crippen molar-refractivity contribution < 1.29 is 18.7 Å². The molecule has 0 aliphatic carbocycles. The van der Waals surface area contributed by atoms with Crippen molar-refractivity contribution in [3.63, 3.8) is 0 Å². The first-order valence-electron chi connectivity index (χ1n) is 8.65. The van der Waals surface area contributed by atoms with E-state index in [9.17, 15) is 14.0 Å². The molecule has 146 valence electrons. The molecule has 0 saturated heterocycles. The van der Waals surface area contributed by atoms with E-state index >= 15 is 0 Å². The number of aryl methyl sites for hydroxylation is 1. The highest BCUT2D eigenvalue weighted by molar-refractivity contribution is 5.78. The Bertz CT molecular complexity index is 798.